The smallest absolute Gasteiger partial charge is 0.245 e. The zero-order valence-corrected chi connectivity index (χ0v) is 20.8. The largest absolute Gasteiger partial charge is 0.495 e. The predicted molar refractivity (Wildman–Crippen MR) is 132 cm³/mol. The Balaban J connectivity index is 1.95. The predicted octanol–water partition coefficient (Wildman–Crippen LogP) is 5.49. The molecule has 0 aliphatic rings. The molecule has 3 aromatic carbocycles. The number of rotatable bonds is 8. The van der Waals surface area contributed by atoms with E-state index in [-0.39, 0.29) is 37.8 Å². The van der Waals surface area contributed by atoms with Crippen molar-refractivity contribution in [2.45, 2.75) is 24.3 Å². The molecule has 0 saturated heterocycles. The van der Waals surface area contributed by atoms with Gasteiger partial charge in [-0.3, -0.25) is 4.79 Å². The van der Waals surface area contributed by atoms with Crippen molar-refractivity contribution >= 4 is 56.4 Å². The molecular weight excluding hydrogens is 507 g/mol. The van der Waals surface area contributed by atoms with Gasteiger partial charge in [0.15, 0.2) is 0 Å². The van der Waals surface area contributed by atoms with Gasteiger partial charge in [0.2, 0.25) is 15.9 Å². The number of anilines is 1. The van der Waals surface area contributed by atoms with Crippen LogP contribution in [0, 0.1) is 6.92 Å². The summed E-state index contributed by atoms with van der Waals surface area (Å²) in [6.07, 6.45) is 0.0962. The Morgan fingerprint density at radius 3 is 2.30 bits per heavy atom. The number of ether oxygens (including phenoxy) is 1. The fourth-order valence-corrected chi connectivity index (χ4v) is 5.16. The van der Waals surface area contributed by atoms with E-state index in [9.17, 15) is 13.2 Å². The summed E-state index contributed by atoms with van der Waals surface area (Å²) >= 11 is 18.2. The lowest BCUT2D eigenvalue weighted by Crippen LogP contribution is -2.45. The van der Waals surface area contributed by atoms with Gasteiger partial charge >= 0.3 is 0 Å². The number of hydrogen-bond donors (Lipinski definition) is 2. The van der Waals surface area contributed by atoms with Gasteiger partial charge in [0.05, 0.1) is 27.9 Å². The van der Waals surface area contributed by atoms with E-state index < -0.39 is 22.0 Å². The van der Waals surface area contributed by atoms with Crippen LogP contribution in [0.4, 0.5) is 5.69 Å². The van der Waals surface area contributed by atoms with E-state index in [0.29, 0.717) is 0 Å². The third-order valence-electron chi connectivity index (χ3n) is 4.77. The van der Waals surface area contributed by atoms with Gasteiger partial charge < -0.3 is 10.1 Å². The number of aryl methyl sites for hydroxylation is 1. The number of carbonyl (C=O) groups excluding carboxylic acids is 1. The van der Waals surface area contributed by atoms with Crippen molar-refractivity contribution in [2.24, 2.45) is 0 Å². The number of nitrogens with one attached hydrogen (secondary N) is 2. The van der Waals surface area contributed by atoms with E-state index in [1.54, 1.807) is 43.3 Å². The number of halogens is 3. The lowest BCUT2D eigenvalue weighted by molar-refractivity contribution is -0.117. The fraction of sp³-hybridized carbons (Fsp3) is 0.174. The van der Waals surface area contributed by atoms with Crippen LogP contribution in [0.2, 0.25) is 15.1 Å². The number of sulfonamides is 1. The van der Waals surface area contributed by atoms with Crippen molar-refractivity contribution in [3.05, 3.63) is 86.9 Å². The first-order valence-electron chi connectivity index (χ1n) is 9.77. The molecule has 1 atom stereocenters. The second kappa shape index (κ2) is 10.8. The average molecular weight is 528 g/mol. The molecule has 10 heteroatoms. The van der Waals surface area contributed by atoms with Gasteiger partial charge in [-0.25, -0.2) is 8.42 Å². The Morgan fingerprint density at radius 2 is 1.64 bits per heavy atom. The summed E-state index contributed by atoms with van der Waals surface area (Å²) in [4.78, 5) is 13.1. The number of benzene rings is 3. The summed E-state index contributed by atoms with van der Waals surface area (Å²) in [6, 6.07) is 15.5. The Hall–Kier alpha value is -2.29. The van der Waals surface area contributed by atoms with Crippen molar-refractivity contribution in [2.75, 3.05) is 12.4 Å². The van der Waals surface area contributed by atoms with Gasteiger partial charge in [0, 0.05) is 0 Å². The minimum atomic E-state index is -4.12. The fourth-order valence-electron chi connectivity index (χ4n) is 3.12. The summed E-state index contributed by atoms with van der Waals surface area (Å²) in [5, 5.41) is 3.23. The topological polar surface area (TPSA) is 84.5 Å². The van der Waals surface area contributed by atoms with Gasteiger partial charge in [-0.1, -0.05) is 71.2 Å². The molecule has 6 nitrogen and oxygen atoms in total. The molecular formula is C23H21Cl3N2O4S. The molecule has 0 radical (unpaired) electrons. The zero-order chi connectivity index (χ0) is 24.2. The van der Waals surface area contributed by atoms with Crippen LogP contribution in [-0.4, -0.2) is 27.5 Å². The van der Waals surface area contributed by atoms with Crippen molar-refractivity contribution in [1.82, 2.24) is 4.72 Å². The van der Waals surface area contributed by atoms with E-state index in [1.807, 2.05) is 6.07 Å². The first kappa shape index (κ1) is 25.3. The van der Waals surface area contributed by atoms with E-state index in [0.717, 1.165) is 11.1 Å². The second-order valence-electron chi connectivity index (χ2n) is 7.25. The number of carbonyl (C=O) groups is 1. The van der Waals surface area contributed by atoms with E-state index in [2.05, 4.69) is 10.0 Å². The lowest BCUT2D eigenvalue weighted by atomic mass is 10.1. The summed E-state index contributed by atoms with van der Waals surface area (Å²) in [7, 11) is -2.74. The highest BCUT2D eigenvalue weighted by Gasteiger charge is 2.29. The van der Waals surface area contributed by atoms with Crippen LogP contribution in [0.15, 0.2) is 65.6 Å². The van der Waals surface area contributed by atoms with Crippen LogP contribution in [0.25, 0.3) is 0 Å². The highest BCUT2D eigenvalue weighted by molar-refractivity contribution is 7.89. The van der Waals surface area contributed by atoms with Gasteiger partial charge in [-0.15, -0.1) is 0 Å². The maximum Gasteiger partial charge on any atom is 0.245 e. The number of amides is 1. The van der Waals surface area contributed by atoms with Crippen molar-refractivity contribution in [3.63, 3.8) is 0 Å². The van der Waals surface area contributed by atoms with Gasteiger partial charge in [0.1, 0.15) is 16.7 Å². The Bertz CT molecular complexity index is 1270. The maximum absolute atomic E-state index is 13.3. The molecule has 0 aliphatic heterocycles. The minimum absolute atomic E-state index is 0.0663. The molecule has 0 aliphatic carbocycles. The molecule has 1 amide bonds. The minimum Gasteiger partial charge on any atom is -0.495 e. The van der Waals surface area contributed by atoms with Crippen LogP contribution >= 0.6 is 34.8 Å². The monoisotopic (exact) mass is 526 g/mol. The molecule has 0 heterocycles. The lowest BCUT2D eigenvalue weighted by Gasteiger charge is -2.20. The number of methoxy groups -OCH3 is 1. The molecule has 2 N–H and O–H groups in total. The van der Waals surface area contributed by atoms with Crippen LogP contribution in [0.3, 0.4) is 0 Å². The third-order valence-corrected chi connectivity index (χ3v) is 7.30. The SMILES string of the molecule is COc1ccc(C)cc1S(=O)(=O)NC(Cc1ccccc1)C(=O)Nc1cc(Cl)c(Cl)cc1Cl. The third kappa shape index (κ3) is 6.40. The van der Waals surface area contributed by atoms with Crippen molar-refractivity contribution in [3.8, 4) is 5.75 Å². The molecule has 0 saturated carbocycles. The van der Waals surface area contributed by atoms with Crippen LogP contribution in [0.5, 0.6) is 5.75 Å². The molecule has 0 spiro atoms. The quantitative estimate of drug-likeness (QED) is 0.379. The summed E-state index contributed by atoms with van der Waals surface area (Å²) in [5.41, 5.74) is 1.70. The van der Waals surface area contributed by atoms with Crippen molar-refractivity contribution in [1.29, 1.82) is 0 Å². The average Bonchev–Trinajstić information content (AvgIpc) is 2.77. The molecule has 0 fully saturated rings. The first-order chi connectivity index (χ1) is 15.6. The van der Waals surface area contributed by atoms with Crippen LogP contribution in [0.1, 0.15) is 11.1 Å². The van der Waals surface area contributed by atoms with Gasteiger partial charge in [-0.05, 0) is 48.7 Å². The number of hydrogen-bond acceptors (Lipinski definition) is 4. The van der Waals surface area contributed by atoms with Crippen LogP contribution in [-0.2, 0) is 21.2 Å². The van der Waals surface area contributed by atoms with Gasteiger partial charge in [0.25, 0.3) is 0 Å². The van der Waals surface area contributed by atoms with Gasteiger partial charge in [-0.2, -0.15) is 4.72 Å². The van der Waals surface area contributed by atoms with E-state index >= 15 is 0 Å². The molecule has 3 aromatic rings. The highest BCUT2D eigenvalue weighted by atomic mass is 35.5. The van der Waals surface area contributed by atoms with Crippen molar-refractivity contribution < 1.29 is 17.9 Å². The molecule has 0 aromatic heterocycles. The molecule has 3 rings (SSSR count). The summed E-state index contributed by atoms with van der Waals surface area (Å²) in [6.45, 7) is 1.76. The Kier molecular flexibility index (Phi) is 8.26. The molecule has 0 bridgehead atoms. The molecule has 174 valence electrons. The van der Waals surface area contributed by atoms with E-state index in [1.165, 1.54) is 25.3 Å². The zero-order valence-electron chi connectivity index (χ0n) is 17.7. The first-order valence-corrected chi connectivity index (χ1v) is 12.4. The standard InChI is InChI=1S/C23H21Cl3N2O4S/c1-14-8-9-21(32-2)22(10-14)33(30,31)28-20(11-15-6-4-3-5-7-15)23(29)27-19-13-17(25)16(24)12-18(19)26/h3-10,12-13,20,28H,11H2,1-2H3,(H,27,29). The highest BCUT2D eigenvalue weighted by Crippen LogP contribution is 2.32. The molecule has 33 heavy (non-hydrogen) atoms. The van der Waals surface area contributed by atoms with Crippen LogP contribution < -0.4 is 14.8 Å². The molecule has 1 unspecified atom stereocenters. The van der Waals surface area contributed by atoms with E-state index in [4.69, 9.17) is 39.5 Å². The summed E-state index contributed by atoms with van der Waals surface area (Å²) < 4.78 is 34.2. The normalized spacial score (nSPS) is 12.3. The Morgan fingerprint density at radius 1 is 0.970 bits per heavy atom. The second-order valence-corrected chi connectivity index (χ2v) is 10.2. The Labute approximate surface area is 207 Å². The summed E-state index contributed by atoms with van der Waals surface area (Å²) in [5.74, 6) is -0.450. The maximum atomic E-state index is 13.3.